The van der Waals surface area contributed by atoms with Crippen molar-refractivity contribution < 1.29 is 14.7 Å². The summed E-state index contributed by atoms with van der Waals surface area (Å²) in [5.41, 5.74) is 2.83. The lowest BCUT2D eigenvalue weighted by Gasteiger charge is -2.11. The summed E-state index contributed by atoms with van der Waals surface area (Å²) in [5, 5.41) is 14.2. The Balaban J connectivity index is 2.05. The van der Waals surface area contributed by atoms with Gasteiger partial charge in [-0.1, -0.05) is 35.9 Å². The van der Waals surface area contributed by atoms with Crippen LogP contribution < -0.4 is 10.6 Å². The summed E-state index contributed by atoms with van der Waals surface area (Å²) < 4.78 is 0. The smallest absolute Gasteiger partial charge is 0.323 e. The lowest BCUT2D eigenvalue weighted by molar-refractivity contribution is -0.136. The van der Waals surface area contributed by atoms with Crippen molar-refractivity contribution in [1.29, 1.82) is 0 Å². The summed E-state index contributed by atoms with van der Waals surface area (Å²) in [4.78, 5) is 22.7. The molecule has 5 heteroatoms. The maximum atomic E-state index is 11.9. The fraction of sp³-hybridized carbons (Fsp3) is 0.125. The number of rotatable bonds is 4. The molecular formula is C16H16N2O3. The van der Waals surface area contributed by atoms with Gasteiger partial charge in [0.1, 0.15) is 0 Å². The van der Waals surface area contributed by atoms with Gasteiger partial charge >= 0.3 is 12.0 Å². The van der Waals surface area contributed by atoms with Crippen LogP contribution in [-0.4, -0.2) is 17.1 Å². The molecule has 0 spiro atoms. The van der Waals surface area contributed by atoms with Gasteiger partial charge < -0.3 is 15.7 Å². The number of carboxylic acids is 1. The molecule has 0 aliphatic heterocycles. The molecule has 21 heavy (non-hydrogen) atoms. The Bertz CT molecular complexity index is 651. The highest BCUT2D eigenvalue weighted by Gasteiger charge is 2.09. The SMILES string of the molecule is Cc1ccc(NC(=O)Nc2ccccc2CC(=O)O)cc1. The Morgan fingerprint density at radius 1 is 1.00 bits per heavy atom. The van der Waals surface area contributed by atoms with E-state index in [-0.39, 0.29) is 6.42 Å². The molecule has 3 N–H and O–H groups in total. The van der Waals surface area contributed by atoms with E-state index in [1.54, 1.807) is 36.4 Å². The van der Waals surface area contributed by atoms with E-state index in [9.17, 15) is 9.59 Å². The number of carboxylic acid groups (broad SMARTS) is 1. The second kappa shape index (κ2) is 6.56. The van der Waals surface area contributed by atoms with Gasteiger partial charge in [0.05, 0.1) is 6.42 Å². The van der Waals surface area contributed by atoms with Gasteiger partial charge in [0, 0.05) is 11.4 Å². The van der Waals surface area contributed by atoms with E-state index in [4.69, 9.17) is 5.11 Å². The average Bonchev–Trinajstić information content (AvgIpc) is 2.43. The molecule has 0 aromatic heterocycles. The molecule has 0 bridgehead atoms. The molecule has 2 rings (SSSR count). The van der Waals surface area contributed by atoms with Gasteiger partial charge in [-0.25, -0.2) is 4.79 Å². The lowest BCUT2D eigenvalue weighted by atomic mass is 10.1. The van der Waals surface area contributed by atoms with Crippen LogP contribution in [-0.2, 0) is 11.2 Å². The van der Waals surface area contributed by atoms with Gasteiger partial charge in [-0.15, -0.1) is 0 Å². The van der Waals surface area contributed by atoms with Crippen molar-refractivity contribution in [2.45, 2.75) is 13.3 Å². The number of amides is 2. The van der Waals surface area contributed by atoms with Crippen molar-refractivity contribution >= 4 is 23.4 Å². The number of carbonyl (C=O) groups excluding carboxylic acids is 1. The van der Waals surface area contributed by atoms with Crippen LogP contribution in [0.15, 0.2) is 48.5 Å². The lowest BCUT2D eigenvalue weighted by Crippen LogP contribution is -2.20. The van der Waals surface area contributed by atoms with Crippen LogP contribution in [0, 0.1) is 6.92 Å². The molecule has 0 saturated heterocycles. The molecular weight excluding hydrogens is 268 g/mol. The maximum absolute atomic E-state index is 11.9. The van der Waals surface area contributed by atoms with Crippen molar-refractivity contribution in [3.05, 3.63) is 59.7 Å². The van der Waals surface area contributed by atoms with E-state index in [1.807, 2.05) is 19.1 Å². The Kier molecular flexibility index (Phi) is 4.56. The monoisotopic (exact) mass is 284 g/mol. The Morgan fingerprint density at radius 2 is 1.67 bits per heavy atom. The van der Waals surface area contributed by atoms with E-state index in [2.05, 4.69) is 10.6 Å². The highest BCUT2D eigenvalue weighted by molar-refractivity contribution is 6.00. The molecule has 108 valence electrons. The van der Waals surface area contributed by atoms with Gasteiger partial charge in [-0.3, -0.25) is 4.79 Å². The minimum Gasteiger partial charge on any atom is -0.481 e. The largest absolute Gasteiger partial charge is 0.481 e. The number of nitrogens with one attached hydrogen (secondary N) is 2. The number of para-hydroxylation sites is 1. The topological polar surface area (TPSA) is 78.4 Å². The van der Waals surface area contributed by atoms with Crippen molar-refractivity contribution in [2.75, 3.05) is 10.6 Å². The van der Waals surface area contributed by atoms with Crippen LogP contribution in [0.4, 0.5) is 16.2 Å². The molecule has 2 aromatic rings. The first-order valence-corrected chi connectivity index (χ1v) is 6.49. The van der Waals surface area contributed by atoms with Crippen molar-refractivity contribution in [1.82, 2.24) is 0 Å². The fourth-order valence-electron chi connectivity index (χ4n) is 1.88. The van der Waals surface area contributed by atoms with Crippen molar-refractivity contribution in [3.63, 3.8) is 0 Å². The third kappa shape index (κ3) is 4.35. The van der Waals surface area contributed by atoms with Crippen LogP contribution in [0.5, 0.6) is 0 Å². The third-order valence-corrected chi connectivity index (χ3v) is 2.92. The predicted octanol–water partition coefficient (Wildman–Crippen LogP) is 3.27. The van der Waals surface area contributed by atoms with Gasteiger partial charge in [0.25, 0.3) is 0 Å². The van der Waals surface area contributed by atoms with E-state index in [0.29, 0.717) is 16.9 Å². The summed E-state index contributed by atoms with van der Waals surface area (Å²) in [6.07, 6.45) is -0.138. The molecule has 0 saturated carbocycles. The number of anilines is 2. The van der Waals surface area contributed by atoms with Crippen LogP contribution in [0.1, 0.15) is 11.1 Å². The minimum atomic E-state index is -0.941. The third-order valence-electron chi connectivity index (χ3n) is 2.92. The summed E-state index contributed by atoms with van der Waals surface area (Å²) in [6, 6.07) is 13.8. The molecule has 2 amide bonds. The zero-order valence-electron chi connectivity index (χ0n) is 11.6. The van der Waals surface area contributed by atoms with Crippen LogP contribution >= 0.6 is 0 Å². The number of benzene rings is 2. The predicted molar refractivity (Wildman–Crippen MR) is 81.6 cm³/mol. The van der Waals surface area contributed by atoms with Crippen LogP contribution in [0.3, 0.4) is 0 Å². The normalized spacial score (nSPS) is 9.95. The Morgan fingerprint density at radius 3 is 2.33 bits per heavy atom. The minimum absolute atomic E-state index is 0.138. The maximum Gasteiger partial charge on any atom is 0.323 e. The molecule has 0 aliphatic rings. The fourth-order valence-corrected chi connectivity index (χ4v) is 1.88. The number of hydrogen-bond acceptors (Lipinski definition) is 2. The van der Waals surface area contributed by atoms with E-state index in [1.165, 1.54) is 0 Å². The second-order valence-corrected chi connectivity index (χ2v) is 4.67. The van der Waals surface area contributed by atoms with Crippen molar-refractivity contribution in [3.8, 4) is 0 Å². The molecule has 2 aromatic carbocycles. The second-order valence-electron chi connectivity index (χ2n) is 4.67. The molecule has 0 radical (unpaired) electrons. The zero-order valence-corrected chi connectivity index (χ0v) is 11.6. The molecule has 0 fully saturated rings. The molecule has 0 unspecified atom stereocenters. The highest BCUT2D eigenvalue weighted by atomic mass is 16.4. The Hall–Kier alpha value is -2.82. The number of urea groups is 1. The first-order chi connectivity index (χ1) is 10.0. The molecule has 0 atom stereocenters. The zero-order chi connectivity index (χ0) is 15.2. The molecule has 0 heterocycles. The standard InChI is InChI=1S/C16H16N2O3/c1-11-6-8-13(9-7-11)17-16(21)18-14-5-3-2-4-12(14)10-15(19)20/h2-9H,10H2,1H3,(H,19,20)(H2,17,18,21). The highest BCUT2D eigenvalue weighted by Crippen LogP contribution is 2.16. The van der Waals surface area contributed by atoms with Crippen LogP contribution in [0.25, 0.3) is 0 Å². The van der Waals surface area contributed by atoms with Crippen molar-refractivity contribution in [2.24, 2.45) is 0 Å². The first-order valence-electron chi connectivity index (χ1n) is 6.49. The molecule has 0 aliphatic carbocycles. The van der Waals surface area contributed by atoms with E-state index < -0.39 is 12.0 Å². The molecule has 5 nitrogen and oxygen atoms in total. The van der Waals surface area contributed by atoms with E-state index >= 15 is 0 Å². The van der Waals surface area contributed by atoms with Gasteiger partial charge in [-0.05, 0) is 30.7 Å². The van der Waals surface area contributed by atoms with E-state index in [0.717, 1.165) is 5.56 Å². The van der Waals surface area contributed by atoms with Gasteiger partial charge in [-0.2, -0.15) is 0 Å². The quantitative estimate of drug-likeness (QED) is 0.806. The summed E-state index contributed by atoms with van der Waals surface area (Å²) >= 11 is 0. The Labute approximate surface area is 122 Å². The summed E-state index contributed by atoms with van der Waals surface area (Å²) in [7, 11) is 0. The first kappa shape index (κ1) is 14.6. The van der Waals surface area contributed by atoms with Gasteiger partial charge in [0.2, 0.25) is 0 Å². The summed E-state index contributed by atoms with van der Waals surface area (Å²) in [5.74, 6) is -0.941. The number of aliphatic carboxylic acids is 1. The van der Waals surface area contributed by atoms with Crippen LogP contribution in [0.2, 0.25) is 0 Å². The number of carbonyl (C=O) groups is 2. The summed E-state index contributed by atoms with van der Waals surface area (Å²) in [6.45, 7) is 1.96. The number of aryl methyl sites for hydroxylation is 1. The number of hydrogen-bond donors (Lipinski definition) is 3. The average molecular weight is 284 g/mol. The van der Waals surface area contributed by atoms with Gasteiger partial charge in [0.15, 0.2) is 0 Å².